The number of hydrogen-bond donors (Lipinski definition) is 1. The normalized spacial score (nSPS) is 19.8. The van der Waals surface area contributed by atoms with Crippen LogP contribution in [-0.4, -0.2) is 34.9 Å². The molecule has 1 aromatic rings. The average molecular weight is 332 g/mol. The highest BCUT2D eigenvalue weighted by Gasteiger charge is 2.26. The zero-order valence-corrected chi connectivity index (χ0v) is 15.5. The Morgan fingerprint density at radius 1 is 1.29 bits per heavy atom. The average Bonchev–Trinajstić information content (AvgIpc) is 2.81. The minimum absolute atomic E-state index is 0.292. The number of carbonyl (C=O) groups is 1. The predicted molar refractivity (Wildman–Crippen MR) is 98.5 cm³/mol. The van der Waals surface area contributed by atoms with E-state index < -0.39 is 0 Å². The molecule has 1 saturated heterocycles. The molecule has 0 spiro atoms. The topological polar surface area (TPSA) is 45.2 Å². The number of nitrogens with one attached hydrogen (secondary N) is 1. The summed E-state index contributed by atoms with van der Waals surface area (Å²) in [6.07, 6.45) is 6.83. The van der Waals surface area contributed by atoms with Crippen LogP contribution >= 0.6 is 0 Å². The number of carbonyl (C=O) groups excluding carboxylic acids is 1. The molecule has 2 rings (SSSR count). The Hall–Kier alpha value is -1.42. The van der Waals surface area contributed by atoms with Crippen molar-refractivity contribution in [2.75, 3.05) is 13.1 Å². The van der Waals surface area contributed by atoms with Crippen molar-refractivity contribution in [2.24, 2.45) is 11.8 Å². The fourth-order valence-corrected chi connectivity index (χ4v) is 3.70. The minimum Gasteiger partial charge on any atom is -0.334 e. The van der Waals surface area contributed by atoms with Crippen molar-refractivity contribution in [3.05, 3.63) is 30.1 Å². The van der Waals surface area contributed by atoms with Gasteiger partial charge in [0, 0.05) is 18.7 Å². The van der Waals surface area contributed by atoms with E-state index in [0.717, 1.165) is 44.5 Å². The Morgan fingerprint density at radius 3 is 2.83 bits per heavy atom. The molecule has 0 bridgehead atoms. The fourth-order valence-electron chi connectivity index (χ4n) is 3.70. The molecule has 0 aromatic carbocycles. The van der Waals surface area contributed by atoms with Gasteiger partial charge in [-0.3, -0.25) is 9.78 Å². The number of amides is 1. The second-order valence-electron chi connectivity index (χ2n) is 7.62. The van der Waals surface area contributed by atoms with Crippen molar-refractivity contribution in [1.82, 2.24) is 15.2 Å². The fraction of sp³-hybridized carbons (Fsp3) is 0.700. The van der Waals surface area contributed by atoms with Crippen LogP contribution in [0.25, 0.3) is 0 Å². The lowest BCUT2D eigenvalue weighted by atomic mass is 9.95. The van der Waals surface area contributed by atoms with Gasteiger partial charge in [-0.15, -0.1) is 0 Å². The van der Waals surface area contributed by atoms with E-state index in [9.17, 15) is 4.79 Å². The van der Waals surface area contributed by atoms with Gasteiger partial charge in [-0.2, -0.15) is 0 Å². The number of pyridine rings is 1. The van der Waals surface area contributed by atoms with Gasteiger partial charge in [0.15, 0.2) is 0 Å². The molecular formula is C20H33N3O. The summed E-state index contributed by atoms with van der Waals surface area (Å²) in [6.45, 7) is 9.35. The quantitative estimate of drug-likeness (QED) is 0.830. The van der Waals surface area contributed by atoms with Crippen LogP contribution in [-0.2, 0) is 11.3 Å². The molecule has 1 amide bonds. The molecule has 0 radical (unpaired) electrons. The zero-order valence-electron chi connectivity index (χ0n) is 15.5. The summed E-state index contributed by atoms with van der Waals surface area (Å²) < 4.78 is 0. The van der Waals surface area contributed by atoms with Gasteiger partial charge in [-0.05, 0) is 62.7 Å². The maximum atomic E-state index is 13.0. The van der Waals surface area contributed by atoms with Crippen LogP contribution in [0.3, 0.4) is 0 Å². The third kappa shape index (κ3) is 6.23. The number of nitrogens with zero attached hydrogens (tertiary/aromatic N) is 2. The minimum atomic E-state index is 0.292. The molecule has 2 unspecified atom stereocenters. The van der Waals surface area contributed by atoms with Crippen LogP contribution in [0.4, 0.5) is 0 Å². The van der Waals surface area contributed by atoms with Crippen LogP contribution in [0.1, 0.15) is 58.6 Å². The third-order valence-corrected chi connectivity index (χ3v) is 4.76. The first-order chi connectivity index (χ1) is 11.6. The molecule has 1 fully saturated rings. The van der Waals surface area contributed by atoms with Gasteiger partial charge in [0.2, 0.25) is 5.91 Å². The van der Waals surface area contributed by atoms with E-state index in [1.807, 2.05) is 24.4 Å². The highest BCUT2D eigenvalue weighted by molar-refractivity contribution is 5.76. The lowest BCUT2D eigenvalue weighted by Crippen LogP contribution is -2.41. The Bertz CT molecular complexity index is 481. The first-order valence-corrected chi connectivity index (χ1v) is 9.46. The highest BCUT2D eigenvalue weighted by atomic mass is 16.2. The van der Waals surface area contributed by atoms with E-state index in [4.69, 9.17) is 0 Å². The number of hydrogen-bond acceptors (Lipinski definition) is 3. The van der Waals surface area contributed by atoms with E-state index >= 15 is 0 Å². The van der Waals surface area contributed by atoms with Crippen LogP contribution in [0.15, 0.2) is 24.4 Å². The molecule has 1 aliphatic heterocycles. The van der Waals surface area contributed by atoms with Gasteiger partial charge >= 0.3 is 0 Å². The summed E-state index contributed by atoms with van der Waals surface area (Å²) in [5.41, 5.74) is 0.986. The Kier molecular flexibility index (Phi) is 7.70. The van der Waals surface area contributed by atoms with E-state index in [2.05, 4.69) is 36.0 Å². The van der Waals surface area contributed by atoms with Crippen molar-refractivity contribution in [1.29, 1.82) is 0 Å². The van der Waals surface area contributed by atoms with Crippen LogP contribution in [0.2, 0.25) is 0 Å². The molecule has 0 aliphatic carbocycles. The molecule has 4 heteroatoms. The van der Waals surface area contributed by atoms with Gasteiger partial charge in [-0.1, -0.05) is 26.8 Å². The summed E-state index contributed by atoms with van der Waals surface area (Å²) in [5, 5.41) is 3.45. The van der Waals surface area contributed by atoms with Crippen LogP contribution in [0, 0.1) is 11.8 Å². The predicted octanol–water partition coefficient (Wildman–Crippen LogP) is 3.62. The molecular weight excluding hydrogens is 298 g/mol. The third-order valence-electron chi connectivity index (χ3n) is 4.76. The standard InChI is InChI=1S/C20H33N3O/c1-16(2)13-17(3)14-20(24)23(15-18-7-4-5-11-22-18)19-8-6-10-21-12-9-19/h4-5,7,11,16-17,19,21H,6,8-10,12-15H2,1-3H3. The molecule has 4 nitrogen and oxygen atoms in total. The smallest absolute Gasteiger partial charge is 0.223 e. The highest BCUT2D eigenvalue weighted by Crippen LogP contribution is 2.21. The largest absolute Gasteiger partial charge is 0.334 e. The lowest BCUT2D eigenvalue weighted by Gasteiger charge is -2.32. The monoisotopic (exact) mass is 331 g/mol. The number of rotatable bonds is 7. The van der Waals surface area contributed by atoms with Crippen molar-refractivity contribution in [3.8, 4) is 0 Å². The van der Waals surface area contributed by atoms with Gasteiger partial charge < -0.3 is 10.2 Å². The molecule has 1 N–H and O–H groups in total. The summed E-state index contributed by atoms with van der Waals surface area (Å²) in [6, 6.07) is 6.28. The molecule has 1 aliphatic rings. The maximum Gasteiger partial charge on any atom is 0.223 e. The van der Waals surface area contributed by atoms with E-state index in [1.165, 1.54) is 0 Å². The summed E-state index contributed by atoms with van der Waals surface area (Å²) >= 11 is 0. The first-order valence-electron chi connectivity index (χ1n) is 9.46. The molecule has 2 heterocycles. The summed E-state index contributed by atoms with van der Waals surface area (Å²) in [4.78, 5) is 19.6. The van der Waals surface area contributed by atoms with Crippen LogP contribution in [0.5, 0.6) is 0 Å². The maximum absolute atomic E-state index is 13.0. The lowest BCUT2D eigenvalue weighted by molar-refractivity contribution is -0.135. The van der Waals surface area contributed by atoms with Crippen LogP contribution < -0.4 is 5.32 Å². The first kappa shape index (κ1) is 18.9. The summed E-state index contributed by atoms with van der Waals surface area (Å²) in [5.74, 6) is 1.37. The van der Waals surface area contributed by atoms with E-state index in [0.29, 0.717) is 36.8 Å². The van der Waals surface area contributed by atoms with Gasteiger partial charge in [0.1, 0.15) is 0 Å². The Morgan fingerprint density at radius 2 is 2.12 bits per heavy atom. The molecule has 0 saturated carbocycles. The molecule has 24 heavy (non-hydrogen) atoms. The second kappa shape index (κ2) is 9.77. The SMILES string of the molecule is CC(C)CC(C)CC(=O)N(Cc1ccccn1)C1CCCNCC1. The van der Waals surface area contributed by atoms with Gasteiger partial charge in [0.25, 0.3) is 0 Å². The van der Waals surface area contributed by atoms with Crippen molar-refractivity contribution >= 4 is 5.91 Å². The van der Waals surface area contributed by atoms with Gasteiger partial charge in [-0.25, -0.2) is 0 Å². The molecule has 134 valence electrons. The summed E-state index contributed by atoms with van der Waals surface area (Å²) in [7, 11) is 0. The van der Waals surface area contributed by atoms with E-state index in [1.54, 1.807) is 0 Å². The van der Waals surface area contributed by atoms with Crippen molar-refractivity contribution in [2.45, 2.75) is 65.5 Å². The van der Waals surface area contributed by atoms with E-state index in [-0.39, 0.29) is 0 Å². The zero-order chi connectivity index (χ0) is 17.4. The molecule has 2 atom stereocenters. The van der Waals surface area contributed by atoms with Crippen molar-refractivity contribution < 1.29 is 4.79 Å². The van der Waals surface area contributed by atoms with Gasteiger partial charge in [0.05, 0.1) is 12.2 Å². The molecule has 1 aromatic heterocycles. The Labute approximate surface area is 147 Å². The second-order valence-corrected chi connectivity index (χ2v) is 7.62. The number of aromatic nitrogens is 1. The Balaban J connectivity index is 2.07. The van der Waals surface area contributed by atoms with Crippen molar-refractivity contribution in [3.63, 3.8) is 0 Å².